The Balaban J connectivity index is 1.14. The fourth-order valence-corrected chi connectivity index (χ4v) is 4.50. The van der Waals surface area contributed by atoms with Gasteiger partial charge in [0.15, 0.2) is 0 Å². The van der Waals surface area contributed by atoms with Crippen molar-refractivity contribution < 1.29 is 9.53 Å². The first-order chi connectivity index (χ1) is 17.6. The van der Waals surface area contributed by atoms with Gasteiger partial charge in [-0.1, -0.05) is 72.3 Å². The maximum atomic E-state index is 12.9. The molecule has 4 aromatic carbocycles. The monoisotopic (exact) mass is 477 g/mol. The van der Waals surface area contributed by atoms with E-state index in [-0.39, 0.29) is 6.03 Å². The third-order valence-electron chi connectivity index (χ3n) is 6.41. The number of hydrogen-bond donors (Lipinski definition) is 1. The van der Waals surface area contributed by atoms with Crippen molar-refractivity contribution in [1.29, 1.82) is 0 Å². The molecule has 0 unspecified atom stereocenters. The summed E-state index contributed by atoms with van der Waals surface area (Å²) in [7, 11) is 0. The first-order valence-corrected chi connectivity index (χ1v) is 12.4. The number of aryl methyl sites for hydroxylation is 1. The summed E-state index contributed by atoms with van der Waals surface area (Å²) >= 11 is 0. The van der Waals surface area contributed by atoms with E-state index < -0.39 is 0 Å². The second-order valence-electron chi connectivity index (χ2n) is 9.21. The van der Waals surface area contributed by atoms with Gasteiger partial charge in [0.25, 0.3) is 0 Å². The smallest absolute Gasteiger partial charge is 0.321 e. The van der Waals surface area contributed by atoms with Crippen LogP contribution in [0, 0.1) is 6.92 Å². The van der Waals surface area contributed by atoms with Crippen LogP contribution in [0.4, 0.5) is 10.5 Å². The van der Waals surface area contributed by atoms with Crippen LogP contribution in [0.5, 0.6) is 11.5 Å². The molecule has 1 N–H and O–H groups in total. The first kappa shape index (κ1) is 23.6. The second kappa shape index (κ2) is 11.1. The standard InChI is InChI=1S/C31H31N3O2/c1-24-8-5-10-26(20-24)27-11-7-12-28(22-27)32-31(35)34-18-16-33(17-19-34)23-25-9-6-15-30(21-25)36-29-13-3-2-4-14-29/h2-15,20-22H,16-19,23H2,1H3,(H,32,35). The molecule has 0 spiro atoms. The Bertz CT molecular complexity index is 1310. The van der Waals surface area contributed by atoms with Gasteiger partial charge in [0, 0.05) is 38.4 Å². The number of nitrogens with zero attached hydrogens (tertiary/aromatic N) is 2. The summed E-state index contributed by atoms with van der Waals surface area (Å²) < 4.78 is 5.98. The van der Waals surface area contributed by atoms with Gasteiger partial charge >= 0.3 is 6.03 Å². The zero-order valence-corrected chi connectivity index (χ0v) is 20.6. The van der Waals surface area contributed by atoms with E-state index in [4.69, 9.17) is 4.74 Å². The molecule has 36 heavy (non-hydrogen) atoms. The van der Waals surface area contributed by atoms with Gasteiger partial charge in [0.1, 0.15) is 11.5 Å². The number of rotatable bonds is 6. The predicted molar refractivity (Wildman–Crippen MR) is 145 cm³/mol. The maximum absolute atomic E-state index is 12.9. The lowest BCUT2D eigenvalue weighted by Crippen LogP contribution is -2.49. The number of anilines is 1. The van der Waals surface area contributed by atoms with Crippen molar-refractivity contribution in [2.24, 2.45) is 0 Å². The molecule has 0 saturated carbocycles. The van der Waals surface area contributed by atoms with Crippen molar-refractivity contribution in [1.82, 2.24) is 9.80 Å². The van der Waals surface area contributed by atoms with E-state index in [0.717, 1.165) is 47.9 Å². The molecule has 2 amide bonds. The number of nitrogens with one attached hydrogen (secondary N) is 1. The van der Waals surface area contributed by atoms with Crippen LogP contribution in [0.25, 0.3) is 11.1 Å². The third kappa shape index (κ3) is 6.12. The summed E-state index contributed by atoms with van der Waals surface area (Å²) in [5.41, 5.74) is 5.49. The van der Waals surface area contributed by atoms with Gasteiger partial charge in [-0.2, -0.15) is 0 Å². The quantitative estimate of drug-likeness (QED) is 0.332. The molecule has 0 bridgehead atoms. The fourth-order valence-electron chi connectivity index (χ4n) is 4.50. The van der Waals surface area contributed by atoms with Crippen molar-refractivity contribution in [2.45, 2.75) is 13.5 Å². The number of amides is 2. The Hall–Kier alpha value is -4.09. The van der Waals surface area contributed by atoms with Gasteiger partial charge in [0.05, 0.1) is 0 Å². The van der Waals surface area contributed by atoms with E-state index in [1.54, 1.807) is 0 Å². The molecule has 1 saturated heterocycles. The van der Waals surface area contributed by atoms with Gasteiger partial charge in [-0.05, 0) is 60.0 Å². The van der Waals surface area contributed by atoms with Crippen molar-refractivity contribution in [3.05, 3.63) is 114 Å². The zero-order valence-electron chi connectivity index (χ0n) is 20.6. The molecule has 5 rings (SSSR count). The minimum absolute atomic E-state index is 0.0469. The number of piperazine rings is 1. The molecule has 1 aliphatic rings. The summed E-state index contributed by atoms with van der Waals surface area (Å²) in [4.78, 5) is 17.2. The number of ether oxygens (including phenoxy) is 1. The van der Waals surface area contributed by atoms with Gasteiger partial charge < -0.3 is 15.0 Å². The average Bonchev–Trinajstić information content (AvgIpc) is 2.90. The molecule has 0 aliphatic carbocycles. The predicted octanol–water partition coefficient (Wildman–Crippen LogP) is 6.80. The Labute approximate surface area is 212 Å². The van der Waals surface area contributed by atoms with Crippen LogP contribution in [-0.4, -0.2) is 42.0 Å². The molecule has 182 valence electrons. The SMILES string of the molecule is Cc1cccc(-c2cccc(NC(=O)N3CCN(Cc4cccc(Oc5ccccc5)c4)CC3)c2)c1. The first-order valence-electron chi connectivity index (χ1n) is 12.4. The number of carbonyl (C=O) groups excluding carboxylic acids is 1. The molecule has 1 fully saturated rings. The second-order valence-corrected chi connectivity index (χ2v) is 9.21. The number of hydrogen-bond acceptors (Lipinski definition) is 3. The van der Waals surface area contributed by atoms with Crippen molar-refractivity contribution in [3.8, 4) is 22.6 Å². The largest absolute Gasteiger partial charge is 0.457 e. The van der Waals surface area contributed by atoms with Crippen molar-refractivity contribution >= 4 is 11.7 Å². The zero-order chi connectivity index (χ0) is 24.7. The van der Waals surface area contributed by atoms with E-state index in [1.165, 1.54) is 11.1 Å². The number of urea groups is 1. The minimum atomic E-state index is -0.0469. The molecule has 4 aromatic rings. The summed E-state index contributed by atoms with van der Waals surface area (Å²) in [6.45, 7) is 5.98. The highest BCUT2D eigenvalue weighted by atomic mass is 16.5. The third-order valence-corrected chi connectivity index (χ3v) is 6.41. The van der Waals surface area contributed by atoms with Crippen molar-refractivity contribution in [3.63, 3.8) is 0 Å². The molecular formula is C31H31N3O2. The number of carbonyl (C=O) groups is 1. The van der Waals surface area contributed by atoms with Crippen LogP contribution >= 0.6 is 0 Å². The lowest BCUT2D eigenvalue weighted by molar-refractivity contribution is 0.143. The van der Waals surface area contributed by atoms with Gasteiger partial charge in [0.2, 0.25) is 0 Å². The molecule has 1 aliphatic heterocycles. The van der Waals surface area contributed by atoms with E-state index in [1.807, 2.05) is 65.6 Å². The molecule has 0 radical (unpaired) electrons. The highest BCUT2D eigenvalue weighted by Gasteiger charge is 2.21. The topological polar surface area (TPSA) is 44.8 Å². The summed E-state index contributed by atoms with van der Waals surface area (Å²) in [6, 6.07) is 34.4. The van der Waals surface area contributed by atoms with Crippen LogP contribution in [-0.2, 0) is 6.54 Å². The van der Waals surface area contributed by atoms with Crippen LogP contribution in [0.1, 0.15) is 11.1 Å². The maximum Gasteiger partial charge on any atom is 0.321 e. The van der Waals surface area contributed by atoms with Crippen LogP contribution in [0.3, 0.4) is 0 Å². The van der Waals surface area contributed by atoms with E-state index in [0.29, 0.717) is 13.1 Å². The number of para-hydroxylation sites is 1. The Kier molecular flexibility index (Phi) is 7.29. The lowest BCUT2D eigenvalue weighted by atomic mass is 10.0. The van der Waals surface area contributed by atoms with Gasteiger partial charge in [-0.3, -0.25) is 4.90 Å². The Morgan fingerprint density at radius 3 is 2.22 bits per heavy atom. The lowest BCUT2D eigenvalue weighted by Gasteiger charge is -2.34. The van der Waals surface area contributed by atoms with E-state index in [9.17, 15) is 4.79 Å². The molecule has 5 nitrogen and oxygen atoms in total. The summed E-state index contributed by atoms with van der Waals surface area (Å²) in [6.07, 6.45) is 0. The van der Waals surface area contributed by atoms with E-state index >= 15 is 0 Å². The number of benzene rings is 4. The highest BCUT2D eigenvalue weighted by Crippen LogP contribution is 2.25. The summed E-state index contributed by atoms with van der Waals surface area (Å²) in [5, 5.41) is 3.08. The minimum Gasteiger partial charge on any atom is -0.457 e. The molecule has 0 atom stereocenters. The Morgan fingerprint density at radius 1 is 0.750 bits per heavy atom. The van der Waals surface area contributed by atoms with Crippen molar-refractivity contribution in [2.75, 3.05) is 31.5 Å². The fraction of sp³-hybridized carbons (Fsp3) is 0.194. The molecule has 5 heteroatoms. The normalized spacial score (nSPS) is 13.9. The Morgan fingerprint density at radius 2 is 1.44 bits per heavy atom. The van der Waals surface area contributed by atoms with Crippen LogP contribution < -0.4 is 10.1 Å². The molecule has 1 heterocycles. The van der Waals surface area contributed by atoms with E-state index in [2.05, 4.69) is 59.6 Å². The van der Waals surface area contributed by atoms with Gasteiger partial charge in [-0.15, -0.1) is 0 Å². The summed E-state index contributed by atoms with van der Waals surface area (Å²) in [5.74, 6) is 1.67. The van der Waals surface area contributed by atoms with Crippen LogP contribution in [0.15, 0.2) is 103 Å². The molecule has 0 aromatic heterocycles. The van der Waals surface area contributed by atoms with Crippen LogP contribution in [0.2, 0.25) is 0 Å². The highest BCUT2D eigenvalue weighted by molar-refractivity contribution is 5.90. The van der Waals surface area contributed by atoms with Gasteiger partial charge in [-0.25, -0.2) is 4.79 Å². The molecular weight excluding hydrogens is 446 g/mol. The average molecular weight is 478 g/mol.